The molecule has 0 amide bonds. The number of aromatic nitrogens is 2. The fraction of sp³-hybridized carbons (Fsp3) is 0.814. The monoisotopic (exact) mass is 1060 g/mol. The molecule has 19 unspecified atom stereocenters. The third kappa shape index (κ3) is 8.36. The van der Waals surface area contributed by atoms with Crippen molar-refractivity contribution in [3.05, 3.63) is 52.7 Å². The van der Waals surface area contributed by atoms with Gasteiger partial charge in [0, 0.05) is 84.1 Å². The second kappa shape index (κ2) is 20.2. The molecule has 0 aromatic carbocycles. The Balaban J connectivity index is 1.12. The molecule has 6 saturated carbocycles. The van der Waals surface area contributed by atoms with Crippen molar-refractivity contribution in [1.29, 1.82) is 0 Å². The Hall–Kier alpha value is -2.21. The smallest absolute Gasteiger partial charge is 0.190 e. The molecule has 1 spiro atoms. The van der Waals surface area contributed by atoms with Crippen molar-refractivity contribution in [1.82, 2.24) is 20.2 Å². The molecule has 1 aromatic rings. The molecular weight excluding hydrogens is 969 g/mol. The number of guanidine groups is 1. The summed E-state index contributed by atoms with van der Waals surface area (Å²) in [6, 6.07) is 0.117. The van der Waals surface area contributed by atoms with E-state index in [9.17, 15) is 30.6 Å². The van der Waals surface area contributed by atoms with Crippen molar-refractivity contribution in [2.24, 2.45) is 91.6 Å². The Morgan fingerprint density at radius 2 is 1.74 bits per heavy atom. The molecule has 13 nitrogen and oxygen atoms in total. The predicted molar refractivity (Wildman–Crippen MR) is 293 cm³/mol. The minimum Gasteiger partial charge on any atom is -0.396 e. The van der Waals surface area contributed by atoms with E-state index in [0.29, 0.717) is 49.5 Å². The summed E-state index contributed by atoms with van der Waals surface area (Å²) in [6.45, 7) is 11.6. The van der Waals surface area contributed by atoms with Crippen LogP contribution in [0, 0.1) is 80.8 Å². The van der Waals surface area contributed by atoms with Crippen molar-refractivity contribution in [2.75, 3.05) is 32.5 Å². The average molecular weight is 1060 g/mol. The molecular formula is C59H90N6O7S2. The van der Waals surface area contributed by atoms with E-state index in [1.165, 1.54) is 50.5 Å². The lowest BCUT2D eigenvalue weighted by Crippen LogP contribution is -2.68. The highest BCUT2D eigenvalue weighted by molar-refractivity contribution is 8.76. The van der Waals surface area contributed by atoms with Gasteiger partial charge in [-0.25, -0.2) is 4.98 Å². The molecule has 4 bridgehead atoms. The molecule has 19 atom stereocenters. The highest BCUT2D eigenvalue weighted by Crippen LogP contribution is 2.75. The van der Waals surface area contributed by atoms with Crippen molar-refractivity contribution in [2.45, 2.75) is 185 Å². The highest BCUT2D eigenvalue weighted by atomic mass is 33.1. The van der Waals surface area contributed by atoms with Gasteiger partial charge in [0.15, 0.2) is 11.7 Å². The first-order valence-corrected chi connectivity index (χ1v) is 31.5. The summed E-state index contributed by atoms with van der Waals surface area (Å²) in [5.41, 5.74) is 10.6. The highest BCUT2D eigenvalue weighted by Gasteiger charge is 2.75. The number of imidazole rings is 1. The maximum absolute atomic E-state index is 15.4. The van der Waals surface area contributed by atoms with Gasteiger partial charge in [-0.1, -0.05) is 84.4 Å². The lowest BCUT2D eigenvalue weighted by atomic mass is 9.40. The molecule has 0 radical (unpaired) electrons. The van der Waals surface area contributed by atoms with Crippen LogP contribution in [0.25, 0.3) is 0 Å². The molecule has 74 heavy (non-hydrogen) atoms. The van der Waals surface area contributed by atoms with Gasteiger partial charge in [-0.05, 0) is 168 Å². The number of hydrogen-bond donors (Lipinski definition) is 9. The normalized spacial score (nSPS) is 45.0. The summed E-state index contributed by atoms with van der Waals surface area (Å²) in [6.07, 6.45) is 20.6. The van der Waals surface area contributed by atoms with Crippen LogP contribution in [0.2, 0.25) is 0 Å². The molecule has 7 fully saturated rings. The van der Waals surface area contributed by atoms with Gasteiger partial charge in [-0.15, -0.1) is 0 Å². The molecule has 10 N–H and O–H groups in total. The lowest BCUT2D eigenvalue weighted by molar-refractivity contribution is -0.184. The first-order chi connectivity index (χ1) is 35.3. The van der Waals surface area contributed by atoms with E-state index in [1.54, 1.807) is 29.7 Å². The maximum Gasteiger partial charge on any atom is 0.190 e. The van der Waals surface area contributed by atoms with Crippen molar-refractivity contribution in [3.8, 4) is 0 Å². The fourth-order valence-corrected chi connectivity index (χ4v) is 23.6. The lowest BCUT2D eigenvalue weighted by Gasteiger charge is -2.65. The van der Waals surface area contributed by atoms with Crippen LogP contribution in [0.4, 0.5) is 0 Å². The van der Waals surface area contributed by atoms with Crippen molar-refractivity contribution >= 4 is 33.3 Å². The third-order valence-electron chi connectivity index (χ3n) is 22.5. The summed E-state index contributed by atoms with van der Waals surface area (Å²) < 4.78 is 2.31. The minimum absolute atomic E-state index is 0.0277. The molecule has 410 valence electrons. The average Bonchev–Trinajstić information content (AvgIpc) is 4.12. The topological polar surface area (TPSA) is 219 Å². The van der Waals surface area contributed by atoms with Crippen LogP contribution in [0.3, 0.4) is 0 Å². The van der Waals surface area contributed by atoms with Crippen molar-refractivity contribution < 1.29 is 35.4 Å². The maximum atomic E-state index is 15.4. The number of aliphatic imine (C=N–C) groups is 1. The van der Waals surface area contributed by atoms with E-state index in [0.717, 1.165) is 43.4 Å². The molecule has 1 aromatic heterocycles. The zero-order chi connectivity index (χ0) is 52.3. The molecule has 2 heterocycles. The number of rotatable bonds is 9. The zero-order valence-electron chi connectivity index (χ0n) is 45.2. The van der Waals surface area contributed by atoms with Crippen LogP contribution < -0.4 is 16.4 Å². The van der Waals surface area contributed by atoms with Crippen LogP contribution in [-0.4, -0.2) is 120 Å². The minimum atomic E-state index is -1.50. The van der Waals surface area contributed by atoms with Crippen LogP contribution >= 0.6 is 21.6 Å². The van der Waals surface area contributed by atoms with Crippen LogP contribution in [0.15, 0.2) is 57.7 Å². The Morgan fingerprint density at radius 3 is 2.46 bits per heavy atom. The number of aliphatic hydroxyl groups excluding tert-OH is 5. The van der Waals surface area contributed by atoms with Gasteiger partial charge >= 0.3 is 0 Å². The number of nitrogens with zero attached hydrogens (tertiary/aromatic N) is 3. The standard InChI is InChI=1S/C59H90N6O7S2/c1-32(67)64-54(60)63-28-34-25-57(5)40-23-41(59(57,72)42-24-43(68)50-39(29-61-6)52(70)44(69)27-56(50,4)48(34)42)45(15-11-21-66)74-73-30-35(65-20-19-62-31-65)26-55(2,3)51-37-14-10-18-58(16-7-8-17-58)49(37)36-13-9-12-33-22-38(40)53(71)47(51)46(33)36/h19-20,24,31-35,38-41,44-45,47-50,52-53,61,66-67,69-72H,7-18,21-23,25-30H2,1-6H3,(H3,60,63,64). The summed E-state index contributed by atoms with van der Waals surface area (Å²) in [5, 5.41) is 79.6. The van der Waals surface area contributed by atoms with Gasteiger partial charge in [-0.3, -0.25) is 9.79 Å². The van der Waals surface area contributed by atoms with E-state index in [4.69, 9.17) is 10.7 Å². The van der Waals surface area contributed by atoms with Gasteiger partial charge in [0.2, 0.25) is 0 Å². The summed E-state index contributed by atoms with van der Waals surface area (Å²) >= 11 is 0. The van der Waals surface area contributed by atoms with Crippen LogP contribution in [-0.2, 0) is 4.79 Å². The predicted octanol–water partition coefficient (Wildman–Crippen LogP) is 7.49. The van der Waals surface area contributed by atoms with E-state index in [-0.39, 0.29) is 77.6 Å². The Bertz CT molecular complexity index is 2400. The number of aliphatic hydroxyl groups is 6. The van der Waals surface area contributed by atoms with Gasteiger partial charge < -0.3 is 51.6 Å². The number of nitrogens with one attached hydrogen (secondary N) is 2. The van der Waals surface area contributed by atoms with Crippen LogP contribution in [0.5, 0.6) is 0 Å². The number of carbonyl (C=O) groups excluding carboxylic acids is 1. The SMILES string of the molecule is CNCC1C(O)C(O)CC2(C)C3C(=CC(=O)C12)C1(O)C2CC(C4CC5CCCC6=C5C(C(=C5CCCC7(CCCC7)C65)C(C)(C)CC(n5ccnc5)CSSC2CCCO)C4O)C1(C)CC3CN=C(N)NC(C)O. The first-order valence-electron chi connectivity index (χ1n) is 29.1. The quantitative estimate of drug-likeness (QED) is 0.0386. The zero-order valence-corrected chi connectivity index (χ0v) is 46.9. The van der Waals surface area contributed by atoms with E-state index in [2.05, 4.69) is 54.1 Å². The number of nitrogens with two attached hydrogens (primary N) is 1. The molecule has 11 rings (SSSR count). The van der Waals surface area contributed by atoms with Gasteiger partial charge in [-0.2, -0.15) is 0 Å². The Labute approximate surface area is 448 Å². The number of allylic oxidation sites excluding steroid dienone is 3. The van der Waals surface area contributed by atoms with Gasteiger partial charge in [0.25, 0.3) is 0 Å². The number of carbonyl (C=O) groups is 1. The second-order valence-electron chi connectivity index (χ2n) is 26.9. The molecule has 15 heteroatoms. The molecule has 9 aliphatic carbocycles. The van der Waals surface area contributed by atoms with E-state index >= 15 is 4.79 Å². The Morgan fingerprint density at radius 1 is 0.986 bits per heavy atom. The van der Waals surface area contributed by atoms with Crippen LogP contribution in [0.1, 0.15) is 150 Å². The van der Waals surface area contributed by atoms with Crippen molar-refractivity contribution in [3.63, 3.8) is 0 Å². The summed E-state index contributed by atoms with van der Waals surface area (Å²) in [5.74, 6) is -0.905. The number of hydrogen-bond acceptors (Lipinski definition) is 12. The largest absolute Gasteiger partial charge is 0.396 e. The van der Waals surface area contributed by atoms with E-state index < -0.39 is 58.7 Å². The van der Waals surface area contributed by atoms with Gasteiger partial charge in [0.05, 0.1) is 30.2 Å². The Kier molecular flexibility index (Phi) is 14.6. The third-order valence-corrected chi connectivity index (χ3v) is 25.6. The number of ketones is 1. The molecule has 1 aliphatic heterocycles. The van der Waals surface area contributed by atoms with Gasteiger partial charge in [0.1, 0.15) is 6.23 Å². The summed E-state index contributed by atoms with van der Waals surface area (Å²) in [7, 11) is 5.53. The van der Waals surface area contributed by atoms with E-state index in [1.807, 2.05) is 41.2 Å². The first kappa shape index (κ1) is 53.8. The fourth-order valence-electron chi connectivity index (χ4n) is 20.3. The molecule has 10 aliphatic rings. The molecule has 1 saturated heterocycles. The second-order valence-corrected chi connectivity index (χ2v) is 29.5. The number of fused-ring (bicyclic) bond motifs is 14. The summed E-state index contributed by atoms with van der Waals surface area (Å²) in [4.78, 5) is 24.9.